The van der Waals surface area contributed by atoms with Gasteiger partial charge in [-0.1, -0.05) is 24.3 Å². The van der Waals surface area contributed by atoms with E-state index >= 15 is 0 Å². The van der Waals surface area contributed by atoms with Crippen LogP contribution in [0.15, 0.2) is 48.5 Å². The van der Waals surface area contributed by atoms with Crippen molar-refractivity contribution in [3.8, 4) is 5.75 Å². The highest BCUT2D eigenvalue weighted by Crippen LogP contribution is 2.22. The molecule has 1 aliphatic rings. The second-order valence-corrected chi connectivity index (χ2v) is 10.4. The fourth-order valence-electron chi connectivity index (χ4n) is 3.71. The van der Waals surface area contributed by atoms with E-state index < -0.39 is 10.0 Å². The van der Waals surface area contributed by atoms with Gasteiger partial charge in [-0.3, -0.25) is 14.0 Å². The molecular weight excluding hydrogens is 426 g/mol. The van der Waals surface area contributed by atoms with Crippen molar-refractivity contribution in [2.75, 3.05) is 30.2 Å². The number of carbonyl (C=O) groups is 1. The molecule has 174 valence electrons. The minimum atomic E-state index is -3.62. The van der Waals surface area contributed by atoms with E-state index in [9.17, 15) is 13.2 Å². The summed E-state index contributed by atoms with van der Waals surface area (Å²) in [6, 6.07) is 14.9. The summed E-state index contributed by atoms with van der Waals surface area (Å²) < 4.78 is 31.3. The highest BCUT2D eigenvalue weighted by Gasteiger charge is 2.21. The Hall–Kier alpha value is -2.58. The van der Waals surface area contributed by atoms with Crippen molar-refractivity contribution in [3.05, 3.63) is 59.7 Å². The lowest BCUT2D eigenvalue weighted by atomic mass is 10.1. The van der Waals surface area contributed by atoms with Gasteiger partial charge in [-0.2, -0.15) is 0 Å². The molecule has 8 heteroatoms. The molecule has 1 N–H and O–H groups in total. The van der Waals surface area contributed by atoms with Crippen LogP contribution in [0.4, 0.5) is 5.69 Å². The van der Waals surface area contributed by atoms with Crippen LogP contribution in [-0.4, -0.2) is 51.2 Å². The van der Waals surface area contributed by atoms with Gasteiger partial charge >= 0.3 is 0 Å². The number of hydrogen-bond acceptors (Lipinski definition) is 5. The van der Waals surface area contributed by atoms with Gasteiger partial charge in [-0.25, -0.2) is 8.42 Å². The summed E-state index contributed by atoms with van der Waals surface area (Å²) in [6.07, 6.45) is 3.65. The van der Waals surface area contributed by atoms with E-state index in [1.54, 1.807) is 24.3 Å². The Morgan fingerprint density at radius 2 is 1.62 bits per heavy atom. The highest BCUT2D eigenvalue weighted by molar-refractivity contribution is 7.92. The third-order valence-electron chi connectivity index (χ3n) is 5.30. The lowest BCUT2D eigenvalue weighted by Crippen LogP contribution is -2.40. The summed E-state index contributed by atoms with van der Waals surface area (Å²) >= 11 is 0. The van der Waals surface area contributed by atoms with Crippen LogP contribution in [0.3, 0.4) is 0 Å². The van der Waals surface area contributed by atoms with Gasteiger partial charge in [0.25, 0.3) is 0 Å². The first-order valence-corrected chi connectivity index (χ1v) is 12.9. The zero-order valence-corrected chi connectivity index (χ0v) is 19.9. The number of likely N-dealkylation sites (tertiary alicyclic amines) is 1. The Morgan fingerprint density at radius 3 is 2.19 bits per heavy atom. The number of rotatable bonds is 10. The Labute approximate surface area is 191 Å². The number of nitrogens with zero attached hydrogens (tertiary/aromatic N) is 2. The molecule has 0 aromatic heterocycles. The van der Waals surface area contributed by atoms with Crippen molar-refractivity contribution in [1.29, 1.82) is 0 Å². The standard InChI is InChI=1S/C24H33N3O4S/c1-19(2)31-23-12-10-22(11-13-23)27(32(3,29)30)18-24(28)25-16-20-6-8-21(9-7-20)17-26-14-4-5-15-26/h6-13,19H,4-5,14-18H2,1-3H3,(H,25,28). The Kier molecular flexibility index (Phi) is 8.15. The molecule has 0 unspecified atom stereocenters. The number of ether oxygens (including phenoxy) is 1. The largest absolute Gasteiger partial charge is 0.491 e. The summed E-state index contributed by atoms with van der Waals surface area (Å²) in [5.41, 5.74) is 2.66. The smallest absolute Gasteiger partial charge is 0.241 e. The first-order valence-electron chi connectivity index (χ1n) is 11.0. The number of benzene rings is 2. The predicted molar refractivity (Wildman–Crippen MR) is 127 cm³/mol. The van der Waals surface area contributed by atoms with Crippen LogP contribution in [-0.2, 0) is 27.9 Å². The first-order chi connectivity index (χ1) is 15.2. The number of nitrogens with one attached hydrogen (secondary N) is 1. The quantitative estimate of drug-likeness (QED) is 0.591. The molecule has 1 aliphatic heterocycles. The lowest BCUT2D eigenvalue weighted by molar-refractivity contribution is -0.119. The van der Waals surface area contributed by atoms with Crippen LogP contribution >= 0.6 is 0 Å². The van der Waals surface area contributed by atoms with E-state index in [0.717, 1.165) is 35.8 Å². The van der Waals surface area contributed by atoms with E-state index in [0.29, 0.717) is 18.0 Å². The van der Waals surface area contributed by atoms with Gasteiger partial charge in [-0.05, 0) is 75.2 Å². The molecule has 1 heterocycles. The maximum atomic E-state index is 12.5. The fraction of sp³-hybridized carbons (Fsp3) is 0.458. The molecular formula is C24H33N3O4S. The molecule has 0 spiro atoms. The van der Waals surface area contributed by atoms with Crippen LogP contribution in [0.25, 0.3) is 0 Å². The second kappa shape index (κ2) is 10.8. The summed E-state index contributed by atoms with van der Waals surface area (Å²) in [5.74, 6) is 0.286. The van der Waals surface area contributed by atoms with Gasteiger partial charge in [0.05, 0.1) is 18.0 Å². The molecule has 0 aliphatic carbocycles. The van der Waals surface area contributed by atoms with E-state index in [1.165, 1.54) is 18.4 Å². The van der Waals surface area contributed by atoms with Crippen molar-refractivity contribution in [3.63, 3.8) is 0 Å². The third-order valence-corrected chi connectivity index (χ3v) is 6.44. The molecule has 2 aromatic rings. The van der Waals surface area contributed by atoms with Crippen LogP contribution in [0.5, 0.6) is 5.75 Å². The molecule has 0 bridgehead atoms. The van der Waals surface area contributed by atoms with Crippen LogP contribution in [0.1, 0.15) is 37.8 Å². The fourth-order valence-corrected chi connectivity index (χ4v) is 4.57. The monoisotopic (exact) mass is 459 g/mol. The van der Waals surface area contributed by atoms with E-state index in [2.05, 4.69) is 22.3 Å². The van der Waals surface area contributed by atoms with Crippen molar-refractivity contribution in [1.82, 2.24) is 10.2 Å². The van der Waals surface area contributed by atoms with Gasteiger partial charge < -0.3 is 10.1 Å². The third kappa shape index (κ3) is 7.24. The normalized spacial score (nSPS) is 14.5. The average molecular weight is 460 g/mol. The predicted octanol–water partition coefficient (Wildman–Crippen LogP) is 3.15. The Bertz CT molecular complexity index is 983. The highest BCUT2D eigenvalue weighted by atomic mass is 32.2. The van der Waals surface area contributed by atoms with Crippen molar-refractivity contribution in [2.24, 2.45) is 0 Å². The Morgan fingerprint density at radius 1 is 1.03 bits per heavy atom. The SMILES string of the molecule is CC(C)Oc1ccc(N(CC(=O)NCc2ccc(CN3CCCC3)cc2)S(C)(=O)=O)cc1. The topological polar surface area (TPSA) is 79.0 Å². The molecule has 7 nitrogen and oxygen atoms in total. The minimum absolute atomic E-state index is 0.0203. The molecule has 0 radical (unpaired) electrons. The molecule has 1 fully saturated rings. The summed E-state index contributed by atoms with van der Waals surface area (Å²) in [4.78, 5) is 15.0. The molecule has 32 heavy (non-hydrogen) atoms. The lowest BCUT2D eigenvalue weighted by Gasteiger charge is -2.22. The number of carbonyl (C=O) groups excluding carboxylic acids is 1. The number of anilines is 1. The molecule has 0 atom stereocenters. The first kappa shape index (κ1) is 24.1. The maximum absolute atomic E-state index is 12.5. The van der Waals surface area contributed by atoms with Gasteiger partial charge in [0.2, 0.25) is 15.9 Å². The number of sulfonamides is 1. The molecule has 2 aromatic carbocycles. The summed E-state index contributed by atoms with van der Waals surface area (Å²) in [6.45, 7) is 7.17. The molecule has 0 saturated carbocycles. The van der Waals surface area contributed by atoms with Gasteiger partial charge in [0.1, 0.15) is 12.3 Å². The zero-order valence-electron chi connectivity index (χ0n) is 19.1. The van der Waals surface area contributed by atoms with E-state index in [1.807, 2.05) is 26.0 Å². The number of amides is 1. The van der Waals surface area contributed by atoms with Crippen molar-refractivity contribution in [2.45, 2.75) is 45.9 Å². The van der Waals surface area contributed by atoms with Gasteiger partial charge in [0, 0.05) is 13.1 Å². The summed E-state index contributed by atoms with van der Waals surface area (Å²) in [7, 11) is -3.62. The molecule has 3 rings (SSSR count). The molecule has 1 saturated heterocycles. The Balaban J connectivity index is 1.56. The zero-order chi connectivity index (χ0) is 23.1. The van der Waals surface area contributed by atoms with E-state index in [4.69, 9.17) is 4.74 Å². The van der Waals surface area contributed by atoms with Crippen LogP contribution in [0.2, 0.25) is 0 Å². The van der Waals surface area contributed by atoms with Gasteiger partial charge in [-0.15, -0.1) is 0 Å². The molecule has 1 amide bonds. The average Bonchev–Trinajstić information content (AvgIpc) is 3.24. The second-order valence-electron chi connectivity index (χ2n) is 8.51. The van der Waals surface area contributed by atoms with Crippen LogP contribution in [0, 0.1) is 0 Å². The maximum Gasteiger partial charge on any atom is 0.241 e. The summed E-state index contributed by atoms with van der Waals surface area (Å²) in [5, 5.41) is 2.82. The van der Waals surface area contributed by atoms with Crippen molar-refractivity contribution >= 4 is 21.6 Å². The van der Waals surface area contributed by atoms with Gasteiger partial charge in [0.15, 0.2) is 0 Å². The van der Waals surface area contributed by atoms with E-state index in [-0.39, 0.29) is 18.6 Å². The van der Waals surface area contributed by atoms with Crippen molar-refractivity contribution < 1.29 is 17.9 Å². The van der Waals surface area contributed by atoms with Crippen LogP contribution < -0.4 is 14.4 Å². The number of hydrogen-bond donors (Lipinski definition) is 1. The minimum Gasteiger partial charge on any atom is -0.491 e.